The second-order valence-corrected chi connectivity index (χ2v) is 5.12. The van der Waals surface area contributed by atoms with E-state index in [1.807, 2.05) is 17.6 Å². The van der Waals surface area contributed by atoms with Crippen molar-refractivity contribution in [2.24, 2.45) is 5.92 Å². The molecule has 0 radical (unpaired) electrons. The van der Waals surface area contributed by atoms with Crippen molar-refractivity contribution in [3.8, 4) is 0 Å². The van der Waals surface area contributed by atoms with E-state index in [1.165, 1.54) is 23.4 Å². The van der Waals surface area contributed by atoms with Gasteiger partial charge in [-0.25, -0.2) is 4.98 Å². The molecule has 2 aromatic rings. The average Bonchev–Trinajstić information content (AvgIpc) is 2.83. The third kappa shape index (κ3) is 2.18. The summed E-state index contributed by atoms with van der Waals surface area (Å²) in [5.74, 6) is 0.776. The molecule has 1 aliphatic carbocycles. The lowest BCUT2D eigenvalue weighted by atomic mass is 10.2. The van der Waals surface area contributed by atoms with E-state index in [0.717, 1.165) is 12.5 Å². The Balaban J connectivity index is 1.66. The van der Waals surface area contributed by atoms with Gasteiger partial charge in [-0.1, -0.05) is 0 Å². The molecule has 0 aliphatic heterocycles. The molecule has 3 rings (SSSR count). The van der Waals surface area contributed by atoms with Crippen LogP contribution in [0.4, 0.5) is 0 Å². The van der Waals surface area contributed by atoms with Crippen LogP contribution in [0.2, 0.25) is 0 Å². The Morgan fingerprint density at radius 1 is 1.56 bits per heavy atom. The number of aromatic nitrogens is 1. The lowest BCUT2D eigenvalue weighted by Gasteiger charge is -2.14. The highest BCUT2D eigenvalue weighted by atomic mass is 32.1. The fourth-order valence-electron chi connectivity index (χ4n) is 1.89. The minimum Gasteiger partial charge on any atom is -0.472 e. The molecule has 4 heteroatoms. The van der Waals surface area contributed by atoms with E-state index < -0.39 is 0 Å². The van der Waals surface area contributed by atoms with Crippen molar-refractivity contribution in [3.05, 3.63) is 40.7 Å². The largest absolute Gasteiger partial charge is 0.472 e. The molecule has 84 valence electrons. The van der Waals surface area contributed by atoms with Crippen LogP contribution in [0.3, 0.4) is 0 Å². The van der Waals surface area contributed by atoms with Crippen LogP contribution in [0.1, 0.15) is 29.5 Å². The number of furan rings is 1. The van der Waals surface area contributed by atoms with E-state index >= 15 is 0 Å². The van der Waals surface area contributed by atoms with E-state index in [0.29, 0.717) is 6.04 Å². The highest BCUT2D eigenvalue weighted by Gasteiger charge is 2.33. The van der Waals surface area contributed by atoms with Crippen LogP contribution < -0.4 is 5.32 Å². The molecule has 0 amide bonds. The Morgan fingerprint density at radius 2 is 2.50 bits per heavy atom. The maximum absolute atomic E-state index is 5.06. The smallest absolute Gasteiger partial charge is 0.110 e. The summed E-state index contributed by atoms with van der Waals surface area (Å²) in [4.78, 5) is 4.41. The van der Waals surface area contributed by atoms with Crippen molar-refractivity contribution in [2.75, 3.05) is 0 Å². The molecule has 0 spiro atoms. The van der Waals surface area contributed by atoms with Crippen LogP contribution in [0, 0.1) is 5.92 Å². The fourth-order valence-corrected chi connectivity index (χ4v) is 2.70. The summed E-state index contributed by atoms with van der Waals surface area (Å²) in [5.41, 5.74) is 1.20. The Morgan fingerprint density at radius 3 is 3.12 bits per heavy atom. The second kappa shape index (κ2) is 4.39. The van der Waals surface area contributed by atoms with Gasteiger partial charge >= 0.3 is 0 Å². The van der Waals surface area contributed by atoms with Crippen molar-refractivity contribution in [3.63, 3.8) is 0 Å². The molecule has 0 bridgehead atoms. The molecule has 1 N–H and O–H groups in total. The van der Waals surface area contributed by atoms with Gasteiger partial charge in [0.15, 0.2) is 0 Å². The van der Waals surface area contributed by atoms with Crippen LogP contribution in [-0.2, 0) is 6.54 Å². The van der Waals surface area contributed by atoms with Gasteiger partial charge in [-0.15, -0.1) is 11.3 Å². The molecule has 2 aromatic heterocycles. The minimum atomic E-state index is 0.426. The molecule has 0 saturated heterocycles. The SMILES string of the molecule is c1csc(C(NCc2ccoc2)C2CC2)n1. The van der Waals surface area contributed by atoms with Gasteiger partial charge in [0.05, 0.1) is 18.6 Å². The van der Waals surface area contributed by atoms with E-state index in [4.69, 9.17) is 4.42 Å². The van der Waals surface area contributed by atoms with Crippen molar-refractivity contribution in [1.29, 1.82) is 0 Å². The van der Waals surface area contributed by atoms with E-state index in [2.05, 4.69) is 10.3 Å². The van der Waals surface area contributed by atoms with Crippen LogP contribution in [0.25, 0.3) is 0 Å². The Bertz CT molecular complexity index is 420. The predicted molar refractivity (Wildman–Crippen MR) is 63.1 cm³/mol. The van der Waals surface area contributed by atoms with Gasteiger partial charge < -0.3 is 9.73 Å². The van der Waals surface area contributed by atoms with E-state index in [9.17, 15) is 0 Å². The zero-order valence-corrected chi connectivity index (χ0v) is 9.74. The van der Waals surface area contributed by atoms with E-state index in [1.54, 1.807) is 23.9 Å². The summed E-state index contributed by atoms with van der Waals surface area (Å²) in [6.07, 6.45) is 8.03. The number of thiazole rings is 1. The lowest BCUT2D eigenvalue weighted by Crippen LogP contribution is -2.22. The molecule has 0 aromatic carbocycles. The number of hydrogen-bond acceptors (Lipinski definition) is 4. The Kier molecular flexibility index (Phi) is 2.76. The maximum atomic E-state index is 5.06. The maximum Gasteiger partial charge on any atom is 0.110 e. The molecule has 1 unspecified atom stereocenters. The first kappa shape index (κ1) is 10.1. The van der Waals surface area contributed by atoms with E-state index in [-0.39, 0.29) is 0 Å². The van der Waals surface area contributed by atoms with Gasteiger partial charge in [-0.05, 0) is 24.8 Å². The highest BCUT2D eigenvalue weighted by molar-refractivity contribution is 7.09. The van der Waals surface area contributed by atoms with Crippen molar-refractivity contribution in [2.45, 2.75) is 25.4 Å². The third-order valence-corrected chi connectivity index (χ3v) is 3.78. The van der Waals surface area contributed by atoms with Gasteiger partial charge in [0, 0.05) is 23.7 Å². The van der Waals surface area contributed by atoms with Gasteiger partial charge in [0.1, 0.15) is 5.01 Å². The summed E-state index contributed by atoms with van der Waals surface area (Å²) < 4.78 is 5.06. The zero-order chi connectivity index (χ0) is 10.8. The predicted octanol–water partition coefficient (Wildman–Crippen LogP) is 2.98. The highest BCUT2D eigenvalue weighted by Crippen LogP contribution is 2.41. The normalized spacial score (nSPS) is 17.5. The van der Waals surface area contributed by atoms with Crippen molar-refractivity contribution < 1.29 is 4.42 Å². The van der Waals surface area contributed by atoms with Gasteiger partial charge in [0.25, 0.3) is 0 Å². The number of hydrogen-bond donors (Lipinski definition) is 1. The summed E-state index contributed by atoms with van der Waals surface area (Å²) in [7, 11) is 0. The van der Waals surface area contributed by atoms with Crippen LogP contribution in [0.15, 0.2) is 34.6 Å². The molecule has 1 atom stereocenters. The average molecular weight is 234 g/mol. The lowest BCUT2D eigenvalue weighted by molar-refractivity contribution is 0.475. The first-order valence-electron chi connectivity index (χ1n) is 5.57. The van der Waals surface area contributed by atoms with Crippen LogP contribution >= 0.6 is 11.3 Å². The standard InChI is InChI=1S/C12H14N2OS/c1-2-10(1)11(12-13-4-6-16-12)14-7-9-3-5-15-8-9/h3-6,8,10-11,14H,1-2,7H2. The number of nitrogens with one attached hydrogen (secondary N) is 1. The van der Waals surface area contributed by atoms with Crippen LogP contribution in [-0.4, -0.2) is 4.98 Å². The molecule has 16 heavy (non-hydrogen) atoms. The van der Waals surface area contributed by atoms with Gasteiger partial charge in [-0.2, -0.15) is 0 Å². The minimum absolute atomic E-state index is 0.426. The summed E-state index contributed by atoms with van der Waals surface area (Å²) in [6.45, 7) is 0.858. The fraction of sp³-hybridized carbons (Fsp3) is 0.417. The summed E-state index contributed by atoms with van der Waals surface area (Å²) >= 11 is 1.74. The number of nitrogens with zero attached hydrogens (tertiary/aromatic N) is 1. The molecule has 2 heterocycles. The quantitative estimate of drug-likeness (QED) is 0.864. The second-order valence-electron chi connectivity index (χ2n) is 4.20. The molecular formula is C12H14N2OS. The van der Waals surface area contributed by atoms with Crippen LogP contribution in [0.5, 0.6) is 0 Å². The topological polar surface area (TPSA) is 38.1 Å². The van der Waals surface area contributed by atoms with Crippen molar-refractivity contribution in [1.82, 2.24) is 10.3 Å². The van der Waals surface area contributed by atoms with Gasteiger partial charge in [0.2, 0.25) is 0 Å². The first-order valence-corrected chi connectivity index (χ1v) is 6.45. The monoisotopic (exact) mass is 234 g/mol. The summed E-state index contributed by atoms with van der Waals surface area (Å²) in [5, 5.41) is 6.83. The molecule has 1 aliphatic rings. The third-order valence-electron chi connectivity index (χ3n) is 2.92. The van der Waals surface area contributed by atoms with Gasteiger partial charge in [-0.3, -0.25) is 0 Å². The zero-order valence-electron chi connectivity index (χ0n) is 8.93. The Labute approximate surface area is 98.5 Å². The first-order chi connectivity index (χ1) is 7.93. The molecule has 3 nitrogen and oxygen atoms in total. The van der Waals surface area contributed by atoms with Crippen molar-refractivity contribution >= 4 is 11.3 Å². The summed E-state index contributed by atoms with van der Waals surface area (Å²) in [6, 6.07) is 2.42. The Hall–Kier alpha value is -1.13. The number of rotatable bonds is 5. The molecular weight excluding hydrogens is 220 g/mol. The molecule has 1 saturated carbocycles. The molecule has 1 fully saturated rings.